The molecule has 142 valence electrons. The van der Waals surface area contributed by atoms with Crippen LogP contribution in [0.15, 0.2) is 12.1 Å². The van der Waals surface area contributed by atoms with Gasteiger partial charge < -0.3 is 19.5 Å². The molecule has 0 radical (unpaired) electrons. The van der Waals surface area contributed by atoms with Crippen LogP contribution in [0.4, 0.5) is 5.69 Å². The van der Waals surface area contributed by atoms with E-state index in [1.807, 2.05) is 0 Å². The summed E-state index contributed by atoms with van der Waals surface area (Å²) < 4.78 is 15.3. The van der Waals surface area contributed by atoms with Crippen LogP contribution >= 0.6 is 0 Å². The number of methoxy groups -OCH3 is 1. The number of nitrogens with one attached hydrogen (secondary N) is 1. The van der Waals surface area contributed by atoms with E-state index >= 15 is 0 Å². The average Bonchev–Trinajstić information content (AvgIpc) is 3.12. The fourth-order valence-electron chi connectivity index (χ4n) is 2.84. The minimum absolute atomic E-state index is 0.0982. The van der Waals surface area contributed by atoms with Crippen LogP contribution in [0.25, 0.3) is 0 Å². The predicted octanol–water partition coefficient (Wildman–Crippen LogP) is 2.22. The van der Waals surface area contributed by atoms with Crippen molar-refractivity contribution in [1.29, 1.82) is 0 Å². The monoisotopic (exact) mass is 366 g/mol. The van der Waals surface area contributed by atoms with Crippen LogP contribution in [0.2, 0.25) is 0 Å². The van der Waals surface area contributed by atoms with Gasteiger partial charge in [0.1, 0.15) is 5.56 Å². The maximum absolute atomic E-state index is 12.2. The molecule has 9 nitrogen and oxygen atoms in total. The minimum Gasteiger partial charge on any atom is -0.493 e. The van der Waals surface area contributed by atoms with Gasteiger partial charge in [0, 0.05) is 12.1 Å². The van der Waals surface area contributed by atoms with E-state index in [0.29, 0.717) is 0 Å². The highest BCUT2D eigenvalue weighted by Gasteiger charge is 2.26. The van der Waals surface area contributed by atoms with Gasteiger partial charge in [-0.2, -0.15) is 0 Å². The minimum atomic E-state index is -0.973. The molecule has 1 aliphatic carbocycles. The first kappa shape index (κ1) is 19.5. The van der Waals surface area contributed by atoms with E-state index in [9.17, 15) is 19.7 Å². The van der Waals surface area contributed by atoms with Crippen LogP contribution in [0.1, 0.15) is 43.0 Å². The summed E-state index contributed by atoms with van der Waals surface area (Å²) in [7, 11) is 1.36. The van der Waals surface area contributed by atoms with Gasteiger partial charge in [0.05, 0.1) is 24.7 Å². The molecule has 26 heavy (non-hydrogen) atoms. The smallest absolute Gasteiger partial charge is 0.345 e. The van der Waals surface area contributed by atoms with Crippen molar-refractivity contribution in [3.8, 4) is 11.5 Å². The molecule has 1 saturated carbocycles. The molecule has 1 amide bonds. The fourth-order valence-corrected chi connectivity index (χ4v) is 2.84. The molecule has 9 heteroatoms. The van der Waals surface area contributed by atoms with Crippen molar-refractivity contribution in [1.82, 2.24) is 5.32 Å². The SMILES string of the molecule is CCOc1cc([N+](=O)[O-])c(C(=O)OCC(=O)NC2CCCC2)cc1OC. The zero-order valence-corrected chi connectivity index (χ0v) is 14.8. The number of carbonyl (C=O) groups is 2. The number of benzene rings is 1. The van der Waals surface area contributed by atoms with Gasteiger partial charge in [-0.25, -0.2) is 4.79 Å². The Bertz CT molecular complexity index is 684. The Hall–Kier alpha value is -2.84. The number of carbonyl (C=O) groups excluding carboxylic acids is 2. The molecular weight excluding hydrogens is 344 g/mol. The summed E-state index contributed by atoms with van der Waals surface area (Å²) in [4.78, 5) is 34.7. The second-order valence-electron chi connectivity index (χ2n) is 5.84. The molecule has 0 spiro atoms. The molecule has 0 heterocycles. The summed E-state index contributed by atoms with van der Waals surface area (Å²) in [6.45, 7) is 1.50. The lowest BCUT2D eigenvalue weighted by Crippen LogP contribution is -2.35. The lowest BCUT2D eigenvalue weighted by Gasteiger charge is -2.13. The molecule has 2 rings (SSSR count). The van der Waals surface area contributed by atoms with Gasteiger partial charge in [-0.05, 0) is 19.8 Å². The maximum atomic E-state index is 12.2. The number of amides is 1. The third-order valence-corrected chi connectivity index (χ3v) is 4.05. The molecule has 0 aromatic heterocycles. The normalized spacial score (nSPS) is 13.9. The zero-order chi connectivity index (χ0) is 19.1. The van der Waals surface area contributed by atoms with Gasteiger partial charge in [-0.1, -0.05) is 12.8 Å². The Morgan fingerprint density at radius 1 is 1.27 bits per heavy atom. The summed E-state index contributed by atoms with van der Waals surface area (Å²) in [5, 5.41) is 14.0. The summed E-state index contributed by atoms with van der Waals surface area (Å²) >= 11 is 0. The van der Waals surface area contributed by atoms with Crippen LogP contribution in [-0.4, -0.2) is 43.2 Å². The molecule has 0 bridgehead atoms. The van der Waals surface area contributed by atoms with Crippen LogP contribution in [0.5, 0.6) is 11.5 Å². The summed E-state index contributed by atoms with van der Waals surface area (Å²) in [5.74, 6) is -1.08. The van der Waals surface area contributed by atoms with Crippen molar-refractivity contribution < 1.29 is 28.7 Å². The number of hydrogen-bond acceptors (Lipinski definition) is 7. The van der Waals surface area contributed by atoms with Crippen LogP contribution in [-0.2, 0) is 9.53 Å². The summed E-state index contributed by atoms with van der Waals surface area (Å²) in [6, 6.07) is 2.39. The molecular formula is C17H22N2O7. The lowest BCUT2D eigenvalue weighted by molar-refractivity contribution is -0.385. The lowest BCUT2D eigenvalue weighted by atomic mass is 10.1. The van der Waals surface area contributed by atoms with Crippen molar-refractivity contribution >= 4 is 17.6 Å². The first-order chi connectivity index (χ1) is 12.5. The Balaban J connectivity index is 2.10. The Morgan fingerprint density at radius 3 is 2.54 bits per heavy atom. The molecule has 1 aromatic carbocycles. The average molecular weight is 366 g/mol. The van der Waals surface area contributed by atoms with Gasteiger partial charge in [-0.3, -0.25) is 14.9 Å². The van der Waals surface area contributed by atoms with Gasteiger partial charge in [0.15, 0.2) is 18.1 Å². The molecule has 0 saturated heterocycles. The van der Waals surface area contributed by atoms with Crippen LogP contribution in [0.3, 0.4) is 0 Å². The van der Waals surface area contributed by atoms with Crippen molar-refractivity contribution in [2.24, 2.45) is 0 Å². The van der Waals surface area contributed by atoms with Gasteiger partial charge in [0.2, 0.25) is 0 Å². The fraction of sp³-hybridized carbons (Fsp3) is 0.529. The molecule has 1 aliphatic rings. The Labute approximate surface area is 150 Å². The summed E-state index contributed by atoms with van der Waals surface area (Å²) in [5.41, 5.74) is -0.778. The van der Waals surface area contributed by atoms with Crippen molar-refractivity contribution in [3.63, 3.8) is 0 Å². The largest absolute Gasteiger partial charge is 0.493 e. The third kappa shape index (κ3) is 4.84. The number of hydrogen-bond donors (Lipinski definition) is 1. The van der Waals surface area contributed by atoms with E-state index in [2.05, 4.69) is 5.32 Å². The van der Waals surface area contributed by atoms with E-state index < -0.39 is 29.1 Å². The second-order valence-corrected chi connectivity index (χ2v) is 5.84. The highest BCUT2D eigenvalue weighted by Crippen LogP contribution is 2.35. The molecule has 0 unspecified atom stereocenters. The van der Waals surface area contributed by atoms with Crippen LogP contribution in [0, 0.1) is 10.1 Å². The van der Waals surface area contributed by atoms with E-state index in [1.54, 1.807) is 6.92 Å². The molecule has 1 N–H and O–H groups in total. The second kappa shape index (κ2) is 9.02. The number of rotatable bonds is 8. The van der Waals surface area contributed by atoms with E-state index in [-0.39, 0.29) is 29.7 Å². The zero-order valence-electron chi connectivity index (χ0n) is 14.8. The number of nitrogens with zero attached hydrogens (tertiary/aromatic N) is 1. The third-order valence-electron chi connectivity index (χ3n) is 4.05. The highest BCUT2D eigenvalue weighted by atomic mass is 16.6. The first-order valence-electron chi connectivity index (χ1n) is 8.42. The molecule has 0 atom stereocenters. The molecule has 1 fully saturated rings. The van der Waals surface area contributed by atoms with Crippen LogP contribution < -0.4 is 14.8 Å². The number of ether oxygens (including phenoxy) is 3. The van der Waals surface area contributed by atoms with Crippen molar-refractivity contribution in [2.45, 2.75) is 38.6 Å². The Kier molecular flexibility index (Phi) is 6.76. The topological polar surface area (TPSA) is 117 Å². The summed E-state index contributed by atoms with van der Waals surface area (Å²) in [6.07, 6.45) is 3.92. The van der Waals surface area contributed by atoms with E-state index in [0.717, 1.165) is 31.7 Å². The number of nitro benzene ring substituents is 1. The first-order valence-corrected chi connectivity index (χ1v) is 8.42. The van der Waals surface area contributed by atoms with Gasteiger partial charge in [-0.15, -0.1) is 0 Å². The predicted molar refractivity (Wildman–Crippen MR) is 91.5 cm³/mol. The van der Waals surface area contributed by atoms with Crippen molar-refractivity contribution in [2.75, 3.05) is 20.3 Å². The van der Waals surface area contributed by atoms with E-state index in [1.165, 1.54) is 13.2 Å². The number of esters is 1. The van der Waals surface area contributed by atoms with Crippen molar-refractivity contribution in [3.05, 3.63) is 27.8 Å². The highest BCUT2D eigenvalue weighted by molar-refractivity contribution is 5.96. The van der Waals surface area contributed by atoms with Gasteiger partial charge in [0.25, 0.3) is 11.6 Å². The Morgan fingerprint density at radius 2 is 1.96 bits per heavy atom. The molecule has 0 aliphatic heterocycles. The quantitative estimate of drug-likeness (QED) is 0.426. The number of nitro groups is 1. The maximum Gasteiger partial charge on any atom is 0.345 e. The standard InChI is InChI=1S/C17H22N2O7/c1-3-25-15-9-13(19(22)23)12(8-14(15)24-2)17(21)26-10-16(20)18-11-6-4-5-7-11/h8-9,11H,3-7,10H2,1-2H3,(H,18,20). The van der Waals surface area contributed by atoms with Gasteiger partial charge >= 0.3 is 5.97 Å². The molecule has 1 aromatic rings. The van der Waals surface area contributed by atoms with E-state index in [4.69, 9.17) is 14.2 Å².